The number of hydrogen-bond donors (Lipinski definition) is 8. The van der Waals surface area contributed by atoms with Crippen molar-refractivity contribution in [3.05, 3.63) is 113 Å². The Kier molecular flexibility index (Phi) is 19.2. The van der Waals surface area contributed by atoms with Crippen LogP contribution in [-0.4, -0.2) is 106 Å². The van der Waals surface area contributed by atoms with Crippen LogP contribution in [-0.2, 0) is 55.6 Å². The molecule has 0 fully saturated rings. The number of aryl methyl sites for hydroxylation is 1. The molecule has 4 atom stereocenters. The number of carbonyl (C=O) groups is 3. The summed E-state index contributed by atoms with van der Waals surface area (Å²) in [4.78, 5) is 40.9. The summed E-state index contributed by atoms with van der Waals surface area (Å²) in [6.07, 6.45) is 19.7. The van der Waals surface area contributed by atoms with Crippen molar-refractivity contribution < 1.29 is 58.4 Å². The number of carboxylic acids is 1. The lowest BCUT2D eigenvalue weighted by molar-refractivity contribution is -0.142. The second-order valence-corrected chi connectivity index (χ2v) is 25.6. The smallest absolute Gasteiger partial charge is 0.326 e. The summed E-state index contributed by atoms with van der Waals surface area (Å²) in [6, 6.07) is 11.0. The summed E-state index contributed by atoms with van der Waals surface area (Å²) < 4.78 is 107. The van der Waals surface area contributed by atoms with Crippen LogP contribution >= 0.6 is 0 Å². The van der Waals surface area contributed by atoms with Gasteiger partial charge in [-0.3, -0.25) is 28.7 Å². The highest BCUT2D eigenvalue weighted by atomic mass is 32.2. The molecule has 0 radical (unpaired) electrons. The van der Waals surface area contributed by atoms with Gasteiger partial charge in [0.1, 0.15) is 16.8 Å². The maximum atomic E-state index is 13.1. The molecule has 8 N–H and O–H groups in total. The van der Waals surface area contributed by atoms with Crippen LogP contribution in [0, 0.1) is 12.3 Å². The standard InChI is InChI=1S/C58H74N6O13S3/c1-6-57(4)49-22-13-9-8-10-14-23-50-58(5,7-2)55-44-35-40(79(72,73)74)36-48(80(75,76)77)42(44)27-29-47(55)64(50)32-20-12-16-25-53(66)62-45(56(67)68)21-17-18-30-60-51(59)37-61-52(65)24-15-11-19-31-63(49)46-28-26-41-38(3)33-39(78(69,70)71)34-43(41)54(46)57/h8-10,13-14,22-23,26-29,33-36,45,49H,6-7,11-12,15-21,24-25,30-32,37H2,1-5H3,(H2,59,60)(H,61,65)(H,62,66)(H,67,68)(H,69,70,71)(H,72,73,74)(H,75,76,77)/b9-8+,14-10+,22-13+,50-23+. The van der Waals surface area contributed by atoms with Gasteiger partial charge in [-0.15, -0.1) is 0 Å². The first kappa shape index (κ1) is 61.2. The number of carboxylic acid groups (broad SMARTS) is 1. The number of carbonyl (C=O) groups excluding carboxylic acids is 2. The lowest BCUT2D eigenvalue weighted by Crippen LogP contribution is -2.42. The summed E-state index contributed by atoms with van der Waals surface area (Å²) in [5.74, 6) is -1.64. The molecule has 3 heterocycles. The molecule has 80 heavy (non-hydrogen) atoms. The van der Waals surface area contributed by atoms with Gasteiger partial charge < -0.3 is 30.9 Å². The normalized spacial score (nSPS) is 24.9. The largest absolute Gasteiger partial charge is 0.480 e. The number of benzene rings is 4. The van der Waals surface area contributed by atoms with Gasteiger partial charge in [0.25, 0.3) is 30.4 Å². The van der Waals surface area contributed by atoms with Gasteiger partial charge in [-0.05, 0) is 147 Å². The minimum absolute atomic E-state index is 0.0109. The molecule has 3 aliphatic rings. The molecule has 22 heteroatoms. The quantitative estimate of drug-likeness (QED) is 0.0834. The molecule has 4 aromatic rings. The van der Waals surface area contributed by atoms with E-state index in [-0.39, 0.29) is 59.3 Å². The van der Waals surface area contributed by atoms with Gasteiger partial charge in [0, 0.05) is 65.8 Å². The molecule has 0 aromatic heterocycles. The molecule has 0 spiro atoms. The van der Waals surface area contributed by atoms with Crippen LogP contribution in [0.3, 0.4) is 0 Å². The maximum absolute atomic E-state index is 13.1. The molecule has 3 aliphatic heterocycles. The van der Waals surface area contributed by atoms with Gasteiger partial charge in [-0.2, -0.15) is 25.3 Å². The van der Waals surface area contributed by atoms with Crippen molar-refractivity contribution in [3.8, 4) is 0 Å². The molecule has 0 aliphatic carbocycles. The van der Waals surface area contributed by atoms with Crippen molar-refractivity contribution in [2.24, 2.45) is 0 Å². The topological polar surface area (TPSA) is 301 Å². The van der Waals surface area contributed by atoms with Crippen molar-refractivity contribution in [2.45, 2.75) is 156 Å². The zero-order valence-electron chi connectivity index (χ0n) is 45.9. The zero-order valence-corrected chi connectivity index (χ0v) is 48.4. The fraction of sp³-hybridized carbons (Fsp3) is 0.448. The van der Waals surface area contributed by atoms with Crippen molar-refractivity contribution in [1.29, 1.82) is 5.41 Å². The van der Waals surface area contributed by atoms with Gasteiger partial charge in [0.2, 0.25) is 11.8 Å². The number of amidine groups is 1. The predicted octanol–water partition coefficient (Wildman–Crippen LogP) is 9.20. The number of hydrogen-bond acceptors (Lipinski definition) is 12. The molecule has 0 saturated heterocycles. The van der Waals surface area contributed by atoms with Crippen LogP contribution in [0.25, 0.3) is 21.5 Å². The summed E-state index contributed by atoms with van der Waals surface area (Å²) in [7, 11) is -14.4. The number of allylic oxidation sites excluding steroid dienone is 7. The predicted molar refractivity (Wildman–Crippen MR) is 310 cm³/mol. The molecule has 4 aromatic carbocycles. The number of nitrogens with one attached hydrogen (secondary N) is 4. The monoisotopic (exact) mass is 1160 g/mol. The van der Waals surface area contributed by atoms with E-state index in [4.69, 9.17) is 5.41 Å². The molecule has 4 unspecified atom stereocenters. The van der Waals surface area contributed by atoms with E-state index in [1.165, 1.54) is 18.2 Å². The van der Waals surface area contributed by atoms with Crippen molar-refractivity contribution in [2.75, 3.05) is 36.0 Å². The van der Waals surface area contributed by atoms with E-state index in [0.29, 0.717) is 87.8 Å². The zero-order chi connectivity index (χ0) is 58.4. The lowest BCUT2D eigenvalue weighted by atomic mass is 9.74. The molecule has 432 valence electrons. The van der Waals surface area contributed by atoms with E-state index in [2.05, 4.69) is 51.7 Å². The van der Waals surface area contributed by atoms with Crippen molar-refractivity contribution in [1.82, 2.24) is 16.0 Å². The van der Waals surface area contributed by atoms with Gasteiger partial charge >= 0.3 is 5.97 Å². The van der Waals surface area contributed by atoms with Crippen LogP contribution in [0.4, 0.5) is 11.4 Å². The molecule has 7 rings (SSSR count). The Hall–Kier alpha value is -6.43. The van der Waals surface area contributed by atoms with E-state index in [9.17, 15) is 58.4 Å². The second kappa shape index (κ2) is 25.2. The van der Waals surface area contributed by atoms with Gasteiger partial charge in [-0.1, -0.05) is 82.2 Å². The lowest BCUT2D eigenvalue weighted by Gasteiger charge is -2.35. The Morgan fingerprint density at radius 3 is 1.94 bits per heavy atom. The first-order valence-electron chi connectivity index (χ1n) is 27.2. The second-order valence-electron chi connectivity index (χ2n) is 21.4. The Morgan fingerprint density at radius 2 is 1.29 bits per heavy atom. The van der Waals surface area contributed by atoms with E-state index >= 15 is 0 Å². The Bertz CT molecular complexity index is 3540. The van der Waals surface area contributed by atoms with E-state index in [1.807, 2.05) is 63.3 Å². The summed E-state index contributed by atoms with van der Waals surface area (Å²) in [5, 5.41) is 28.5. The SMILES string of the molecule is CCC1(C)\C2=C/C=C/C=C/C=C/C3N(CCCCCC(=O)NCC(=N)NCCCCC(C(=O)O)NC(=O)CCCCCN2c2ccc4c(S(=O)(=O)O)cc(S(=O)(=O)O)cc4c21)c1ccc2c(C)cc(S(=O)(=O)O)cc2c1C3(C)CC. The molecule has 0 saturated carbocycles. The molecular formula is C58H74N6O13S3. The van der Waals surface area contributed by atoms with Gasteiger partial charge in [0.05, 0.1) is 22.4 Å². The van der Waals surface area contributed by atoms with E-state index < -0.39 is 68.9 Å². The highest BCUT2D eigenvalue weighted by Gasteiger charge is 2.47. The fourth-order valence-corrected chi connectivity index (χ4v) is 13.6. The Labute approximate surface area is 469 Å². The number of aliphatic carboxylic acids is 1. The van der Waals surface area contributed by atoms with Crippen LogP contribution in [0.15, 0.2) is 111 Å². The van der Waals surface area contributed by atoms with Crippen molar-refractivity contribution >= 4 is 86.9 Å². The highest BCUT2D eigenvalue weighted by Crippen LogP contribution is 2.54. The molecule has 19 nitrogen and oxygen atoms in total. The third kappa shape index (κ3) is 13.5. The number of rotatable bonds is 6. The third-order valence-corrected chi connectivity index (χ3v) is 18.7. The molecule has 2 amide bonds. The molecular weight excluding hydrogens is 1080 g/mol. The average molecular weight is 1160 g/mol. The summed E-state index contributed by atoms with van der Waals surface area (Å²) in [5.41, 5.74) is 3.27. The van der Waals surface area contributed by atoms with Crippen molar-refractivity contribution in [3.63, 3.8) is 0 Å². The van der Waals surface area contributed by atoms with E-state index in [1.54, 1.807) is 12.1 Å². The number of fused-ring (bicyclic) bond motifs is 10. The van der Waals surface area contributed by atoms with Gasteiger partial charge in [0.15, 0.2) is 0 Å². The van der Waals surface area contributed by atoms with E-state index in [0.717, 1.165) is 46.6 Å². The first-order valence-corrected chi connectivity index (χ1v) is 31.5. The minimum atomic E-state index is -4.98. The van der Waals surface area contributed by atoms with Crippen LogP contribution in [0.5, 0.6) is 0 Å². The highest BCUT2D eigenvalue weighted by molar-refractivity contribution is 7.87. The Morgan fingerprint density at radius 1 is 0.675 bits per heavy atom. The Balaban J connectivity index is 1.25. The minimum Gasteiger partial charge on any atom is -0.480 e. The average Bonchev–Trinajstić information content (AvgIpc) is 3.83. The van der Waals surface area contributed by atoms with Gasteiger partial charge in [-0.25, -0.2) is 4.79 Å². The third-order valence-electron chi connectivity index (χ3n) is 16.2. The van der Waals surface area contributed by atoms with Crippen LogP contribution in [0.1, 0.15) is 128 Å². The fourth-order valence-electron chi connectivity index (χ4n) is 11.7. The number of amides is 2. The first-order chi connectivity index (χ1) is 37.7. The summed E-state index contributed by atoms with van der Waals surface area (Å²) in [6.45, 7) is 11.4. The maximum Gasteiger partial charge on any atom is 0.326 e. The number of nitrogens with zero attached hydrogens (tertiary/aromatic N) is 2. The van der Waals surface area contributed by atoms with Crippen LogP contribution < -0.4 is 25.8 Å². The summed E-state index contributed by atoms with van der Waals surface area (Å²) >= 11 is 0. The number of anilines is 2. The molecule has 0 bridgehead atoms. The van der Waals surface area contributed by atoms with Crippen LogP contribution in [0.2, 0.25) is 0 Å².